The number of benzene rings is 1. The van der Waals surface area contributed by atoms with Crippen LogP contribution >= 0.6 is 11.6 Å². The summed E-state index contributed by atoms with van der Waals surface area (Å²) < 4.78 is 38.5. The second kappa shape index (κ2) is 6.77. The first-order valence-electron chi connectivity index (χ1n) is 7.27. The molecule has 1 aliphatic heterocycles. The summed E-state index contributed by atoms with van der Waals surface area (Å²) in [5.74, 6) is 0. The Balaban J connectivity index is 2.14. The van der Waals surface area contributed by atoms with Crippen LogP contribution in [0, 0.1) is 0 Å². The Hall–Kier alpha value is -1.43. The highest BCUT2D eigenvalue weighted by Crippen LogP contribution is 2.36. The molecule has 0 saturated carbocycles. The second-order valence-corrected chi connectivity index (χ2v) is 5.78. The molecular formula is C15H18ClF3N2O. The number of hydrogen-bond acceptors (Lipinski definition) is 1. The van der Waals surface area contributed by atoms with Gasteiger partial charge >= 0.3 is 12.2 Å². The number of hydrogen-bond donors (Lipinski definition) is 1. The van der Waals surface area contributed by atoms with Crippen molar-refractivity contribution in [1.29, 1.82) is 0 Å². The topological polar surface area (TPSA) is 32.3 Å². The number of nitrogens with one attached hydrogen (secondary N) is 1. The Morgan fingerprint density at radius 1 is 1.41 bits per heavy atom. The molecule has 1 aromatic carbocycles. The number of likely N-dealkylation sites (tertiary alicyclic amines) is 1. The smallest absolute Gasteiger partial charge is 0.322 e. The maximum atomic E-state index is 12.8. The van der Waals surface area contributed by atoms with Crippen LogP contribution in [0.2, 0.25) is 5.02 Å². The minimum Gasteiger partial charge on any atom is -0.322 e. The Morgan fingerprint density at radius 3 is 2.77 bits per heavy atom. The van der Waals surface area contributed by atoms with E-state index in [1.165, 1.54) is 6.07 Å². The molecule has 1 saturated heterocycles. The van der Waals surface area contributed by atoms with E-state index in [-0.39, 0.29) is 22.8 Å². The molecule has 0 aliphatic carbocycles. The van der Waals surface area contributed by atoms with Gasteiger partial charge in [-0.1, -0.05) is 18.5 Å². The molecule has 7 heteroatoms. The molecule has 1 aliphatic rings. The van der Waals surface area contributed by atoms with Gasteiger partial charge < -0.3 is 10.2 Å². The summed E-state index contributed by atoms with van der Waals surface area (Å²) in [4.78, 5) is 14.0. The van der Waals surface area contributed by atoms with Gasteiger partial charge in [0.1, 0.15) is 0 Å². The summed E-state index contributed by atoms with van der Waals surface area (Å²) in [5, 5.41) is 2.16. The summed E-state index contributed by atoms with van der Waals surface area (Å²) in [6.07, 6.45) is -0.797. The molecule has 1 N–H and O–H groups in total. The number of piperidine rings is 1. The lowest BCUT2D eigenvalue weighted by molar-refractivity contribution is -0.137. The first-order chi connectivity index (χ1) is 10.3. The zero-order chi connectivity index (χ0) is 16.3. The van der Waals surface area contributed by atoms with Crippen molar-refractivity contribution in [3.63, 3.8) is 0 Å². The van der Waals surface area contributed by atoms with E-state index in [0.29, 0.717) is 6.54 Å². The SMILES string of the molecule is CCC1CCCCN1C(=O)Nc1ccc(Cl)c(C(F)(F)F)c1. The molecule has 2 rings (SSSR count). The van der Waals surface area contributed by atoms with Crippen molar-refractivity contribution in [3.8, 4) is 0 Å². The number of carbonyl (C=O) groups is 1. The van der Waals surface area contributed by atoms with Crippen molar-refractivity contribution in [2.24, 2.45) is 0 Å². The number of halogens is 4. The largest absolute Gasteiger partial charge is 0.417 e. The van der Waals surface area contributed by atoms with Crippen molar-refractivity contribution in [3.05, 3.63) is 28.8 Å². The summed E-state index contributed by atoms with van der Waals surface area (Å²) in [6, 6.07) is 3.17. The predicted molar refractivity (Wildman–Crippen MR) is 80.1 cm³/mol. The van der Waals surface area contributed by atoms with Gasteiger partial charge in [-0.25, -0.2) is 4.79 Å². The van der Waals surface area contributed by atoms with Crippen LogP contribution in [0.25, 0.3) is 0 Å². The van der Waals surface area contributed by atoms with E-state index < -0.39 is 11.7 Å². The minimum atomic E-state index is -4.55. The molecule has 2 amide bonds. The van der Waals surface area contributed by atoms with Gasteiger partial charge in [0, 0.05) is 18.3 Å². The molecule has 3 nitrogen and oxygen atoms in total. The molecule has 122 valence electrons. The molecule has 0 spiro atoms. The lowest BCUT2D eigenvalue weighted by Gasteiger charge is -2.35. The fraction of sp³-hybridized carbons (Fsp3) is 0.533. The third-order valence-corrected chi connectivity index (χ3v) is 4.21. The maximum Gasteiger partial charge on any atom is 0.417 e. The van der Waals surface area contributed by atoms with Gasteiger partial charge in [0.15, 0.2) is 0 Å². The molecule has 1 heterocycles. The number of amides is 2. The summed E-state index contributed by atoms with van der Waals surface area (Å²) in [7, 11) is 0. The molecule has 22 heavy (non-hydrogen) atoms. The van der Waals surface area contributed by atoms with Crippen molar-refractivity contribution in [2.75, 3.05) is 11.9 Å². The van der Waals surface area contributed by atoms with Gasteiger partial charge in [-0.05, 0) is 43.9 Å². The highest BCUT2D eigenvalue weighted by atomic mass is 35.5. The van der Waals surface area contributed by atoms with Gasteiger partial charge in [0.05, 0.1) is 10.6 Å². The van der Waals surface area contributed by atoms with Crippen LogP contribution in [0.4, 0.5) is 23.7 Å². The summed E-state index contributed by atoms with van der Waals surface area (Å²) in [6.45, 7) is 2.63. The minimum absolute atomic E-state index is 0.0992. The molecule has 1 unspecified atom stereocenters. The Kier molecular flexibility index (Phi) is 5.21. The van der Waals surface area contributed by atoms with Gasteiger partial charge in [0.25, 0.3) is 0 Å². The Labute approximate surface area is 132 Å². The lowest BCUT2D eigenvalue weighted by atomic mass is 10.0. The normalized spacial score (nSPS) is 19.1. The Morgan fingerprint density at radius 2 is 2.14 bits per heavy atom. The fourth-order valence-corrected chi connectivity index (χ4v) is 2.93. The zero-order valence-corrected chi connectivity index (χ0v) is 13.0. The zero-order valence-electron chi connectivity index (χ0n) is 12.2. The van der Waals surface area contributed by atoms with E-state index in [1.807, 2.05) is 6.92 Å². The summed E-state index contributed by atoms with van der Waals surface area (Å²) in [5.41, 5.74) is -0.847. The maximum absolute atomic E-state index is 12.8. The number of urea groups is 1. The number of nitrogens with zero attached hydrogens (tertiary/aromatic N) is 1. The van der Waals surface area contributed by atoms with Crippen molar-refractivity contribution in [2.45, 2.75) is 44.8 Å². The number of alkyl halides is 3. The van der Waals surface area contributed by atoms with Crippen LogP contribution in [0.3, 0.4) is 0 Å². The van der Waals surface area contributed by atoms with Crippen LogP contribution in [0.1, 0.15) is 38.2 Å². The molecule has 1 fully saturated rings. The van der Waals surface area contributed by atoms with Crippen LogP contribution in [0.5, 0.6) is 0 Å². The molecule has 1 aromatic rings. The number of rotatable bonds is 2. The van der Waals surface area contributed by atoms with Crippen molar-refractivity contribution < 1.29 is 18.0 Å². The van der Waals surface area contributed by atoms with Crippen molar-refractivity contribution in [1.82, 2.24) is 4.90 Å². The average Bonchev–Trinajstić information content (AvgIpc) is 2.48. The van der Waals surface area contributed by atoms with Gasteiger partial charge in [-0.3, -0.25) is 0 Å². The first kappa shape index (κ1) is 16.9. The molecule has 0 aromatic heterocycles. The third kappa shape index (κ3) is 3.85. The van der Waals surface area contributed by atoms with Crippen molar-refractivity contribution >= 4 is 23.3 Å². The van der Waals surface area contributed by atoms with E-state index in [1.54, 1.807) is 4.90 Å². The standard InChI is InChI=1S/C15H18ClF3N2O/c1-2-11-5-3-4-8-21(11)14(22)20-10-6-7-13(16)12(9-10)15(17,18)19/h6-7,9,11H,2-5,8H2,1H3,(H,20,22). The summed E-state index contributed by atoms with van der Waals surface area (Å²) >= 11 is 5.57. The van der Waals surface area contributed by atoms with E-state index in [2.05, 4.69) is 5.32 Å². The monoisotopic (exact) mass is 334 g/mol. The highest BCUT2D eigenvalue weighted by molar-refractivity contribution is 6.31. The lowest BCUT2D eigenvalue weighted by Crippen LogP contribution is -2.45. The van der Waals surface area contributed by atoms with E-state index in [9.17, 15) is 18.0 Å². The average molecular weight is 335 g/mol. The molecule has 0 bridgehead atoms. The van der Waals surface area contributed by atoms with Crippen LogP contribution < -0.4 is 5.32 Å². The van der Waals surface area contributed by atoms with Gasteiger partial charge in [-0.2, -0.15) is 13.2 Å². The van der Waals surface area contributed by atoms with E-state index in [4.69, 9.17) is 11.6 Å². The van der Waals surface area contributed by atoms with Crippen LogP contribution in [0.15, 0.2) is 18.2 Å². The highest BCUT2D eigenvalue weighted by Gasteiger charge is 2.33. The molecule has 0 radical (unpaired) electrons. The molecular weight excluding hydrogens is 317 g/mol. The Bertz CT molecular complexity index is 548. The second-order valence-electron chi connectivity index (χ2n) is 5.37. The third-order valence-electron chi connectivity index (χ3n) is 3.88. The molecule has 1 atom stereocenters. The van der Waals surface area contributed by atoms with E-state index >= 15 is 0 Å². The van der Waals surface area contributed by atoms with Gasteiger partial charge in [-0.15, -0.1) is 0 Å². The quantitative estimate of drug-likeness (QED) is 0.796. The van der Waals surface area contributed by atoms with Crippen LogP contribution in [-0.4, -0.2) is 23.5 Å². The van der Waals surface area contributed by atoms with Gasteiger partial charge in [0.2, 0.25) is 0 Å². The predicted octanol–water partition coefficient (Wildman–Crippen LogP) is 5.16. The van der Waals surface area contributed by atoms with Crippen LogP contribution in [-0.2, 0) is 6.18 Å². The number of anilines is 1. The number of carbonyl (C=O) groups excluding carboxylic acids is 1. The fourth-order valence-electron chi connectivity index (χ4n) is 2.71. The first-order valence-corrected chi connectivity index (χ1v) is 7.65. The van der Waals surface area contributed by atoms with E-state index in [0.717, 1.165) is 37.8 Å².